The first-order valence-corrected chi connectivity index (χ1v) is 5.35. The van der Waals surface area contributed by atoms with Gasteiger partial charge in [-0.25, -0.2) is 4.79 Å². The van der Waals surface area contributed by atoms with Gasteiger partial charge < -0.3 is 9.84 Å². The predicted octanol–water partition coefficient (Wildman–Crippen LogP) is 2.36. The van der Waals surface area contributed by atoms with E-state index >= 15 is 0 Å². The summed E-state index contributed by atoms with van der Waals surface area (Å²) in [5, 5.41) is 9.73. The van der Waals surface area contributed by atoms with Crippen LogP contribution < -0.4 is 0 Å². The number of carbonyl (C=O) groups is 1. The lowest BCUT2D eigenvalue weighted by Gasteiger charge is -2.19. The molecule has 1 heterocycles. The number of benzene rings is 1. The number of cyclic esters (lactones) is 1. The highest BCUT2D eigenvalue weighted by Gasteiger charge is 2.54. The molecule has 2 atom stereocenters. The minimum Gasteiger partial charge on any atom is -0.455 e. The maximum atomic E-state index is 12.3. The average Bonchev–Trinajstić information content (AvgIpc) is 2.54. The van der Waals surface area contributed by atoms with Crippen LogP contribution in [0.3, 0.4) is 0 Å². The first-order valence-electron chi connectivity index (χ1n) is 5.35. The summed E-state index contributed by atoms with van der Waals surface area (Å²) in [6.45, 7) is 0. The highest BCUT2D eigenvalue weighted by molar-refractivity contribution is 5.81. The zero-order valence-electron chi connectivity index (χ0n) is 9.28. The number of hydrogen-bond acceptors (Lipinski definition) is 3. The Balaban J connectivity index is 2.16. The Hall–Kier alpha value is -1.56. The van der Waals surface area contributed by atoms with Crippen LogP contribution in [0.15, 0.2) is 30.3 Å². The Morgan fingerprint density at radius 1 is 1.33 bits per heavy atom. The number of alkyl halides is 3. The van der Waals surface area contributed by atoms with Crippen LogP contribution in [-0.4, -0.2) is 22.9 Å². The monoisotopic (exact) mass is 260 g/mol. The first-order chi connectivity index (χ1) is 8.30. The first kappa shape index (κ1) is 12.9. The minimum absolute atomic E-state index is 0.380. The van der Waals surface area contributed by atoms with E-state index < -0.39 is 30.3 Å². The lowest BCUT2D eigenvalue weighted by Crippen LogP contribution is -2.39. The quantitative estimate of drug-likeness (QED) is 0.830. The van der Waals surface area contributed by atoms with Gasteiger partial charge in [0.1, 0.15) is 6.10 Å². The van der Waals surface area contributed by atoms with Crippen LogP contribution in [0, 0.1) is 0 Å². The summed E-state index contributed by atoms with van der Waals surface area (Å²) in [6, 6.07) is 8.38. The Kier molecular flexibility index (Phi) is 3.06. The molecule has 0 amide bonds. The average molecular weight is 260 g/mol. The maximum absolute atomic E-state index is 12.3. The van der Waals surface area contributed by atoms with Gasteiger partial charge in [0.25, 0.3) is 0 Å². The molecule has 0 saturated carbocycles. The smallest absolute Gasteiger partial charge is 0.392 e. The van der Waals surface area contributed by atoms with Crippen LogP contribution >= 0.6 is 0 Å². The maximum Gasteiger partial charge on any atom is 0.392 e. The molecule has 6 heteroatoms. The Morgan fingerprint density at radius 2 is 1.94 bits per heavy atom. The molecule has 2 rings (SSSR count). The number of carbonyl (C=O) groups excluding carboxylic acids is 1. The number of halogens is 3. The Bertz CT molecular complexity index is 444. The van der Waals surface area contributed by atoms with E-state index in [0.717, 1.165) is 0 Å². The van der Waals surface area contributed by atoms with Crippen molar-refractivity contribution in [2.45, 2.75) is 30.7 Å². The van der Waals surface area contributed by atoms with Crippen LogP contribution in [0.5, 0.6) is 0 Å². The highest BCUT2D eigenvalue weighted by atomic mass is 19.4. The molecule has 0 bridgehead atoms. The summed E-state index contributed by atoms with van der Waals surface area (Å²) in [4.78, 5) is 11.4. The number of ether oxygens (including phenoxy) is 1. The van der Waals surface area contributed by atoms with Gasteiger partial charge in [-0.1, -0.05) is 30.3 Å². The van der Waals surface area contributed by atoms with Crippen LogP contribution in [0.25, 0.3) is 0 Å². The fourth-order valence-electron chi connectivity index (χ4n) is 2.00. The highest BCUT2D eigenvalue weighted by Crippen LogP contribution is 2.41. The zero-order chi connectivity index (χ0) is 13.4. The van der Waals surface area contributed by atoms with E-state index in [9.17, 15) is 23.1 Å². The van der Waals surface area contributed by atoms with Crippen molar-refractivity contribution in [3.63, 3.8) is 0 Å². The van der Waals surface area contributed by atoms with Crippen molar-refractivity contribution in [3.05, 3.63) is 35.9 Å². The molecule has 2 unspecified atom stereocenters. The summed E-state index contributed by atoms with van der Waals surface area (Å²) in [5.41, 5.74) is -1.90. The minimum atomic E-state index is -4.61. The standard InChI is InChI=1S/C12H11F3O3/c13-12(14,15)7-11(17)6-9(18-10(11)16)8-4-2-1-3-5-8/h1-5,9,17H,6-7H2. The second-order valence-corrected chi connectivity index (χ2v) is 4.33. The Labute approximate surface area is 101 Å². The van der Waals surface area contributed by atoms with E-state index in [0.29, 0.717) is 5.56 Å². The van der Waals surface area contributed by atoms with Gasteiger partial charge in [0.15, 0.2) is 5.60 Å². The molecule has 1 aromatic rings. The van der Waals surface area contributed by atoms with Crippen LogP contribution in [0.2, 0.25) is 0 Å². The normalized spacial score (nSPS) is 28.2. The van der Waals surface area contributed by atoms with E-state index in [1.807, 2.05) is 0 Å². The molecule has 1 fully saturated rings. The zero-order valence-corrected chi connectivity index (χ0v) is 9.28. The summed E-state index contributed by atoms with van der Waals surface area (Å²) in [7, 11) is 0. The van der Waals surface area contributed by atoms with E-state index in [2.05, 4.69) is 0 Å². The van der Waals surface area contributed by atoms with Gasteiger partial charge in [-0.15, -0.1) is 0 Å². The molecule has 1 aliphatic heterocycles. The van der Waals surface area contributed by atoms with Crippen molar-refractivity contribution in [3.8, 4) is 0 Å². The number of aliphatic hydroxyl groups is 1. The molecule has 0 aliphatic carbocycles. The number of hydrogen-bond donors (Lipinski definition) is 1. The van der Waals surface area contributed by atoms with E-state index in [4.69, 9.17) is 4.74 Å². The second-order valence-electron chi connectivity index (χ2n) is 4.33. The largest absolute Gasteiger partial charge is 0.455 e. The van der Waals surface area contributed by atoms with E-state index in [1.54, 1.807) is 30.3 Å². The van der Waals surface area contributed by atoms with E-state index in [1.165, 1.54) is 0 Å². The van der Waals surface area contributed by atoms with Gasteiger partial charge in [-0.2, -0.15) is 13.2 Å². The molecular weight excluding hydrogens is 249 g/mol. The van der Waals surface area contributed by atoms with Crippen molar-refractivity contribution in [1.29, 1.82) is 0 Å². The Morgan fingerprint density at radius 3 is 2.50 bits per heavy atom. The second kappa shape index (κ2) is 4.28. The summed E-state index contributed by atoms with van der Waals surface area (Å²) in [6.07, 6.45) is -7.40. The van der Waals surface area contributed by atoms with Gasteiger partial charge >= 0.3 is 12.1 Å². The fraction of sp³-hybridized carbons (Fsp3) is 0.417. The predicted molar refractivity (Wildman–Crippen MR) is 55.5 cm³/mol. The van der Waals surface area contributed by atoms with Crippen molar-refractivity contribution in [1.82, 2.24) is 0 Å². The fourth-order valence-corrected chi connectivity index (χ4v) is 2.00. The molecule has 1 saturated heterocycles. The van der Waals surface area contributed by atoms with Crippen molar-refractivity contribution in [2.75, 3.05) is 0 Å². The van der Waals surface area contributed by atoms with Gasteiger partial charge in [-0.3, -0.25) is 0 Å². The third-order valence-electron chi connectivity index (χ3n) is 2.82. The molecule has 3 nitrogen and oxygen atoms in total. The van der Waals surface area contributed by atoms with Crippen LogP contribution in [0.1, 0.15) is 24.5 Å². The van der Waals surface area contributed by atoms with Gasteiger partial charge in [0.05, 0.1) is 6.42 Å². The molecule has 1 N–H and O–H groups in total. The third-order valence-corrected chi connectivity index (χ3v) is 2.82. The molecule has 18 heavy (non-hydrogen) atoms. The van der Waals surface area contributed by atoms with Gasteiger partial charge in [-0.05, 0) is 5.56 Å². The van der Waals surface area contributed by atoms with Gasteiger partial charge in [0.2, 0.25) is 0 Å². The summed E-state index contributed by atoms with van der Waals surface area (Å²) < 4.78 is 41.7. The van der Waals surface area contributed by atoms with Crippen molar-refractivity contribution in [2.24, 2.45) is 0 Å². The van der Waals surface area contributed by atoms with E-state index in [-0.39, 0.29) is 6.42 Å². The lowest BCUT2D eigenvalue weighted by atomic mass is 9.93. The van der Waals surface area contributed by atoms with Gasteiger partial charge in [0, 0.05) is 6.42 Å². The molecular formula is C12H11F3O3. The topological polar surface area (TPSA) is 46.5 Å². The molecule has 0 aromatic heterocycles. The van der Waals surface area contributed by atoms with Crippen molar-refractivity contribution < 1.29 is 27.8 Å². The third kappa shape index (κ3) is 2.64. The van der Waals surface area contributed by atoms with Crippen LogP contribution in [0.4, 0.5) is 13.2 Å². The lowest BCUT2D eigenvalue weighted by molar-refractivity contribution is -0.186. The number of esters is 1. The summed E-state index contributed by atoms with van der Waals surface area (Å²) >= 11 is 0. The summed E-state index contributed by atoms with van der Waals surface area (Å²) in [5.74, 6) is -1.21. The molecule has 1 aliphatic rings. The molecule has 1 aromatic carbocycles. The van der Waals surface area contributed by atoms with Crippen LogP contribution in [-0.2, 0) is 9.53 Å². The number of rotatable bonds is 2. The SMILES string of the molecule is O=C1OC(c2ccccc2)CC1(O)CC(F)(F)F. The molecule has 98 valence electrons. The van der Waals surface area contributed by atoms with Crippen molar-refractivity contribution >= 4 is 5.97 Å². The molecule has 0 radical (unpaired) electrons. The molecule has 0 spiro atoms.